The molecule has 0 aliphatic heterocycles. The molecule has 0 aliphatic rings. The maximum Gasteiger partial charge on any atom is 0.251 e. The van der Waals surface area contributed by atoms with E-state index in [-0.39, 0.29) is 5.91 Å². The van der Waals surface area contributed by atoms with Crippen molar-refractivity contribution in [2.45, 2.75) is 13.1 Å². The van der Waals surface area contributed by atoms with Crippen molar-refractivity contribution >= 4 is 5.91 Å². The van der Waals surface area contributed by atoms with Crippen molar-refractivity contribution in [3.8, 4) is 0 Å². The highest BCUT2D eigenvalue weighted by Crippen LogP contribution is 2.03. The van der Waals surface area contributed by atoms with Gasteiger partial charge in [-0.3, -0.25) is 9.78 Å². The number of hydrogen-bond acceptors (Lipinski definition) is 3. The minimum absolute atomic E-state index is 0.117. The third-order valence-corrected chi connectivity index (χ3v) is 2.77. The van der Waals surface area contributed by atoms with E-state index in [2.05, 4.69) is 10.3 Å². The molecule has 2 aromatic heterocycles. The summed E-state index contributed by atoms with van der Waals surface area (Å²) in [6.07, 6.45) is 3.54. The Labute approximate surface area is 106 Å². The molecule has 5 heteroatoms. The fourth-order valence-corrected chi connectivity index (χ4v) is 1.68. The molecule has 2 rings (SSSR count). The number of pyridine rings is 1. The number of nitrogens with one attached hydrogen (secondary N) is 1. The second kappa shape index (κ2) is 5.46. The summed E-state index contributed by atoms with van der Waals surface area (Å²) in [5.74, 6) is -0.117. The summed E-state index contributed by atoms with van der Waals surface area (Å²) in [7, 11) is 1.94. The third-order valence-electron chi connectivity index (χ3n) is 2.77. The average molecular weight is 244 g/mol. The third kappa shape index (κ3) is 2.75. The second-order valence-electron chi connectivity index (χ2n) is 4.03. The summed E-state index contributed by atoms with van der Waals surface area (Å²) in [5, 5.41) is 2.87. The van der Waals surface area contributed by atoms with Crippen LogP contribution in [0.1, 0.15) is 21.7 Å². The lowest BCUT2D eigenvalue weighted by molar-refractivity contribution is 0.0950. The number of aryl methyl sites for hydroxylation is 1. The predicted molar refractivity (Wildman–Crippen MR) is 68.7 cm³/mol. The van der Waals surface area contributed by atoms with Crippen molar-refractivity contribution in [2.75, 3.05) is 0 Å². The molecule has 18 heavy (non-hydrogen) atoms. The Bertz CT molecular complexity index is 547. The van der Waals surface area contributed by atoms with Crippen LogP contribution in [0.3, 0.4) is 0 Å². The maximum absolute atomic E-state index is 11.9. The van der Waals surface area contributed by atoms with Crippen LogP contribution in [0.4, 0.5) is 0 Å². The summed E-state index contributed by atoms with van der Waals surface area (Å²) in [6.45, 7) is 0.835. The molecule has 0 saturated carbocycles. The highest BCUT2D eigenvalue weighted by atomic mass is 16.1. The Balaban J connectivity index is 2.01. The summed E-state index contributed by atoms with van der Waals surface area (Å²) in [5.41, 5.74) is 7.84. The Morgan fingerprint density at radius 1 is 1.50 bits per heavy atom. The van der Waals surface area contributed by atoms with E-state index < -0.39 is 0 Å². The maximum atomic E-state index is 11.9. The topological polar surface area (TPSA) is 72.9 Å². The van der Waals surface area contributed by atoms with Gasteiger partial charge in [0, 0.05) is 37.2 Å². The van der Waals surface area contributed by atoms with E-state index in [1.165, 1.54) is 0 Å². The van der Waals surface area contributed by atoms with Crippen LogP contribution >= 0.6 is 0 Å². The molecular formula is C13H16N4O. The molecule has 5 nitrogen and oxygen atoms in total. The van der Waals surface area contributed by atoms with Crippen LogP contribution in [-0.2, 0) is 20.1 Å². The number of rotatable bonds is 4. The van der Waals surface area contributed by atoms with E-state index in [1.807, 2.05) is 29.9 Å². The first-order valence-electron chi connectivity index (χ1n) is 5.74. The van der Waals surface area contributed by atoms with Crippen molar-refractivity contribution in [3.05, 3.63) is 53.6 Å². The van der Waals surface area contributed by atoms with Gasteiger partial charge in [-0.25, -0.2) is 0 Å². The number of hydrogen-bond donors (Lipinski definition) is 2. The predicted octanol–water partition coefficient (Wildman–Crippen LogP) is 0.809. The molecule has 0 bridgehead atoms. The molecule has 0 atom stereocenters. The average Bonchev–Trinajstić information content (AvgIpc) is 2.81. The van der Waals surface area contributed by atoms with Crippen molar-refractivity contribution in [2.24, 2.45) is 12.8 Å². The zero-order valence-electron chi connectivity index (χ0n) is 10.3. The number of nitrogens with two attached hydrogens (primary N) is 1. The number of carbonyl (C=O) groups is 1. The molecule has 2 aromatic rings. The van der Waals surface area contributed by atoms with Crippen LogP contribution in [0.2, 0.25) is 0 Å². The highest BCUT2D eigenvalue weighted by molar-refractivity contribution is 5.94. The van der Waals surface area contributed by atoms with Crippen LogP contribution in [-0.4, -0.2) is 15.5 Å². The van der Waals surface area contributed by atoms with Gasteiger partial charge in [-0.1, -0.05) is 0 Å². The molecule has 0 radical (unpaired) electrons. The van der Waals surface area contributed by atoms with E-state index in [9.17, 15) is 4.79 Å². The van der Waals surface area contributed by atoms with E-state index in [0.717, 1.165) is 5.69 Å². The Morgan fingerprint density at radius 3 is 3.00 bits per heavy atom. The van der Waals surface area contributed by atoms with Gasteiger partial charge >= 0.3 is 0 Å². The number of nitrogens with zero attached hydrogens (tertiary/aromatic N) is 2. The van der Waals surface area contributed by atoms with Gasteiger partial charge in [0.2, 0.25) is 0 Å². The largest absolute Gasteiger partial charge is 0.353 e. The van der Waals surface area contributed by atoms with Crippen LogP contribution in [0.25, 0.3) is 0 Å². The standard InChI is InChI=1S/C13H16N4O/c1-17-6-2-3-12(17)9-16-13(18)10-4-5-15-11(7-10)8-14/h2-7H,8-9,14H2,1H3,(H,16,18). The fraction of sp³-hybridized carbons (Fsp3) is 0.231. The van der Waals surface area contributed by atoms with Crippen LogP contribution < -0.4 is 11.1 Å². The molecule has 94 valence electrons. The number of amides is 1. The van der Waals surface area contributed by atoms with Gasteiger partial charge in [0.25, 0.3) is 5.91 Å². The van der Waals surface area contributed by atoms with E-state index in [1.54, 1.807) is 18.3 Å². The highest BCUT2D eigenvalue weighted by Gasteiger charge is 2.07. The quantitative estimate of drug-likeness (QED) is 0.836. The molecule has 1 amide bonds. The lowest BCUT2D eigenvalue weighted by atomic mass is 10.2. The monoisotopic (exact) mass is 244 g/mol. The summed E-state index contributed by atoms with van der Waals surface area (Å²) >= 11 is 0. The van der Waals surface area contributed by atoms with Gasteiger partial charge in [-0.15, -0.1) is 0 Å². The summed E-state index contributed by atoms with van der Waals surface area (Å²) < 4.78 is 1.97. The van der Waals surface area contributed by atoms with Gasteiger partial charge in [-0.05, 0) is 24.3 Å². The molecule has 0 aromatic carbocycles. The minimum atomic E-state index is -0.117. The van der Waals surface area contributed by atoms with Crippen LogP contribution in [0.5, 0.6) is 0 Å². The lowest BCUT2D eigenvalue weighted by Crippen LogP contribution is -2.24. The van der Waals surface area contributed by atoms with Gasteiger partial charge in [0.1, 0.15) is 0 Å². The number of aromatic nitrogens is 2. The van der Waals surface area contributed by atoms with Gasteiger partial charge in [0.05, 0.1) is 12.2 Å². The smallest absolute Gasteiger partial charge is 0.251 e. The molecule has 3 N–H and O–H groups in total. The van der Waals surface area contributed by atoms with E-state index >= 15 is 0 Å². The second-order valence-corrected chi connectivity index (χ2v) is 4.03. The minimum Gasteiger partial charge on any atom is -0.353 e. The zero-order chi connectivity index (χ0) is 13.0. The first-order chi connectivity index (χ1) is 8.70. The van der Waals surface area contributed by atoms with Gasteiger partial charge in [0.15, 0.2) is 0 Å². The Kier molecular flexibility index (Phi) is 3.74. The van der Waals surface area contributed by atoms with Crippen molar-refractivity contribution in [3.63, 3.8) is 0 Å². The summed E-state index contributed by atoms with van der Waals surface area (Å²) in [6, 6.07) is 7.30. The SMILES string of the molecule is Cn1cccc1CNC(=O)c1ccnc(CN)c1. The van der Waals surface area contributed by atoms with Crippen molar-refractivity contribution in [1.82, 2.24) is 14.9 Å². The fourth-order valence-electron chi connectivity index (χ4n) is 1.68. The first kappa shape index (κ1) is 12.3. The normalized spacial score (nSPS) is 10.3. The van der Waals surface area contributed by atoms with E-state index in [4.69, 9.17) is 5.73 Å². The molecule has 2 heterocycles. The lowest BCUT2D eigenvalue weighted by Gasteiger charge is -2.07. The molecule has 0 unspecified atom stereocenters. The molecule has 0 spiro atoms. The van der Waals surface area contributed by atoms with Gasteiger partial charge < -0.3 is 15.6 Å². The van der Waals surface area contributed by atoms with E-state index in [0.29, 0.717) is 24.3 Å². The Hall–Kier alpha value is -2.14. The van der Waals surface area contributed by atoms with Gasteiger partial charge in [-0.2, -0.15) is 0 Å². The molecular weight excluding hydrogens is 228 g/mol. The van der Waals surface area contributed by atoms with Crippen LogP contribution in [0.15, 0.2) is 36.7 Å². The number of carbonyl (C=O) groups excluding carboxylic acids is 1. The molecule has 0 saturated heterocycles. The first-order valence-corrected chi connectivity index (χ1v) is 5.74. The molecule has 0 fully saturated rings. The van der Waals surface area contributed by atoms with Crippen molar-refractivity contribution in [1.29, 1.82) is 0 Å². The zero-order valence-corrected chi connectivity index (χ0v) is 10.3. The molecule has 0 aliphatic carbocycles. The Morgan fingerprint density at radius 2 is 2.33 bits per heavy atom. The van der Waals surface area contributed by atoms with Crippen molar-refractivity contribution < 1.29 is 4.79 Å². The summed E-state index contributed by atoms with van der Waals surface area (Å²) in [4.78, 5) is 16.0. The van der Waals surface area contributed by atoms with Crippen LogP contribution in [0, 0.1) is 0 Å².